The van der Waals surface area contributed by atoms with E-state index in [1.807, 2.05) is 0 Å². The number of esters is 1. The molecule has 150 valence electrons. The summed E-state index contributed by atoms with van der Waals surface area (Å²) in [6.45, 7) is 0. The average molecular weight is 459 g/mol. The molecule has 0 unspecified atom stereocenters. The van der Waals surface area contributed by atoms with Gasteiger partial charge in [-0.2, -0.15) is 5.26 Å². The van der Waals surface area contributed by atoms with Gasteiger partial charge in [-0.25, -0.2) is 4.79 Å². The summed E-state index contributed by atoms with van der Waals surface area (Å²) in [5.74, 6) is -0.0321. The summed E-state index contributed by atoms with van der Waals surface area (Å²) in [7, 11) is 1.46. The summed E-state index contributed by atoms with van der Waals surface area (Å²) >= 11 is 17.7. The molecule has 0 spiro atoms. The van der Waals surface area contributed by atoms with E-state index in [0.717, 1.165) is 5.56 Å². The lowest BCUT2D eigenvalue weighted by atomic mass is 10.0. The van der Waals surface area contributed by atoms with Crippen LogP contribution in [0.1, 0.15) is 21.5 Å². The van der Waals surface area contributed by atoms with E-state index in [2.05, 4.69) is 6.07 Å². The highest BCUT2D eigenvalue weighted by atomic mass is 35.5. The third-order valence-corrected chi connectivity index (χ3v) is 5.12. The largest absolute Gasteiger partial charge is 0.493 e. The van der Waals surface area contributed by atoms with Crippen molar-refractivity contribution in [2.45, 2.75) is 0 Å². The van der Waals surface area contributed by atoms with Gasteiger partial charge >= 0.3 is 5.97 Å². The lowest BCUT2D eigenvalue weighted by Gasteiger charge is -2.11. The van der Waals surface area contributed by atoms with Crippen LogP contribution in [0, 0.1) is 11.3 Å². The van der Waals surface area contributed by atoms with Crippen molar-refractivity contribution in [1.82, 2.24) is 0 Å². The number of hydrogen-bond donors (Lipinski definition) is 0. The highest BCUT2D eigenvalue weighted by Crippen LogP contribution is 2.31. The fourth-order valence-electron chi connectivity index (χ4n) is 2.62. The number of benzene rings is 3. The third-order valence-electron chi connectivity index (χ3n) is 4.13. The molecule has 0 atom stereocenters. The average Bonchev–Trinajstić information content (AvgIpc) is 2.75. The molecule has 3 rings (SSSR count). The van der Waals surface area contributed by atoms with Crippen LogP contribution >= 0.6 is 34.8 Å². The van der Waals surface area contributed by atoms with Gasteiger partial charge in [-0.1, -0.05) is 53.0 Å². The summed E-state index contributed by atoms with van der Waals surface area (Å²) in [6, 6.07) is 18.6. The van der Waals surface area contributed by atoms with Crippen molar-refractivity contribution in [2.24, 2.45) is 0 Å². The molecule has 3 aromatic carbocycles. The normalized spacial score (nSPS) is 11.0. The Morgan fingerprint density at radius 2 is 1.60 bits per heavy atom. The molecule has 0 aliphatic rings. The number of hydrogen-bond acceptors (Lipinski definition) is 4. The Kier molecular flexibility index (Phi) is 7.02. The zero-order chi connectivity index (χ0) is 21.7. The SMILES string of the molecule is COc1cc(/C=C(/C#N)c2ccc(Cl)cc2)ccc1OC(=O)c1ccc(Cl)c(Cl)c1. The standard InChI is InChI=1S/C23H14Cl3NO3/c1-29-22-11-14(10-17(13-27)15-3-6-18(24)7-4-15)2-9-21(22)30-23(28)16-5-8-19(25)20(26)12-16/h2-12H,1H3/b17-10-. The molecule has 0 bridgehead atoms. The van der Waals surface area contributed by atoms with Gasteiger partial charge in [-0.3, -0.25) is 0 Å². The maximum absolute atomic E-state index is 12.4. The Bertz CT molecular complexity index is 1170. The molecule has 0 heterocycles. The monoisotopic (exact) mass is 457 g/mol. The van der Waals surface area contributed by atoms with Crippen LogP contribution in [0.4, 0.5) is 0 Å². The van der Waals surface area contributed by atoms with Crippen LogP contribution in [0.25, 0.3) is 11.6 Å². The van der Waals surface area contributed by atoms with Crippen molar-refractivity contribution >= 4 is 52.4 Å². The Labute approximate surface area is 188 Å². The molecule has 0 saturated heterocycles. The molecule has 0 fully saturated rings. The molecule has 0 radical (unpaired) electrons. The van der Waals surface area contributed by atoms with Crippen molar-refractivity contribution in [2.75, 3.05) is 7.11 Å². The van der Waals surface area contributed by atoms with Gasteiger partial charge in [0.1, 0.15) is 0 Å². The molecule has 0 saturated carbocycles. The second-order valence-corrected chi connectivity index (χ2v) is 7.36. The molecule has 4 nitrogen and oxygen atoms in total. The van der Waals surface area contributed by atoms with E-state index in [4.69, 9.17) is 44.3 Å². The number of carbonyl (C=O) groups is 1. The van der Waals surface area contributed by atoms with Crippen LogP contribution in [0.5, 0.6) is 11.5 Å². The predicted molar refractivity (Wildman–Crippen MR) is 119 cm³/mol. The minimum atomic E-state index is -0.603. The first-order valence-electron chi connectivity index (χ1n) is 8.64. The van der Waals surface area contributed by atoms with E-state index in [0.29, 0.717) is 26.9 Å². The van der Waals surface area contributed by atoms with Gasteiger partial charge in [-0.05, 0) is 59.7 Å². The number of nitriles is 1. The van der Waals surface area contributed by atoms with Crippen LogP contribution in [0.2, 0.25) is 15.1 Å². The van der Waals surface area contributed by atoms with E-state index in [-0.39, 0.29) is 16.3 Å². The van der Waals surface area contributed by atoms with Crippen molar-refractivity contribution in [3.8, 4) is 17.6 Å². The van der Waals surface area contributed by atoms with Crippen LogP contribution < -0.4 is 9.47 Å². The summed E-state index contributed by atoms with van der Waals surface area (Å²) in [5.41, 5.74) is 2.14. The molecule has 0 aliphatic carbocycles. The Morgan fingerprint density at radius 3 is 2.23 bits per heavy atom. The molecule has 0 aliphatic heterocycles. The zero-order valence-corrected chi connectivity index (χ0v) is 17.9. The zero-order valence-electron chi connectivity index (χ0n) is 15.7. The second-order valence-electron chi connectivity index (χ2n) is 6.11. The number of nitrogens with zero attached hydrogens (tertiary/aromatic N) is 1. The minimum absolute atomic E-state index is 0.232. The van der Waals surface area contributed by atoms with Crippen molar-refractivity contribution in [1.29, 1.82) is 5.26 Å². The molecule has 0 N–H and O–H groups in total. The molecule has 3 aromatic rings. The molecular weight excluding hydrogens is 445 g/mol. The fourth-order valence-corrected chi connectivity index (χ4v) is 3.04. The van der Waals surface area contributed by atoms with Crippen LogP contribution in [0.15, 0.2) is 60.7 Å². The number of ether oxygens (including phenoxy) is 2. The van der Waals surface area contributed by atoms with Crippen LogP contribution in [-0.2, 0) is 0 Å². The lowest BCUT2D eigenvalue weighted by Crippen LogP contribution is -2.09. The molecule has 30 heavy (non-hydrogen) atoms. The van der Waals surface area contributed by atoms with Crippen LogP contribution in [-0.4, -0.2) is 13.1 Å². The maximum atomic E-state index is 12.4. The Morgan fingerprint density at radius 1 is 0.900 bits per heavy atom. The van der Waals surface area contributed by atoms with Gasteiger partial charge in [0.25, 0.3) is 0 Å². The smallest absolute Gasteiger partial charge is 0.343 e. The lowest BCUT2D eigenvalue weighted by molar-refractivity contribution is 0.0729. The summed E-state index contributed by atoms with van der Waals surface area (Å²) < 4.78 is 10.8. The summed E-state index contributed by atoms with van der Waals surface area (Å²) in [5, 5.41) is 10.7. The first kappa shape index (κ1) is 21.7. The highest BCUT2D eigenvalue weighted by molar-refractivity contribution is 6.42. The molecule has 0 amide bonds. The highest BCUT2D eigenvalue weighted by Gasteiger charge is 2.14. The van der Waals surface area contributed by atoms with E-state index >= 15 is 0 Å². The summed E-state index contributed by atoms with van der Waals surface area (Å²) in [4.78, 5) is 12.4. The van der Waals surface area contributed by atoms with Crippen molar-refractivity contribution in [3.63, 3.8) is 0 Å². The maximum Gasteiger partial charge on any atom is 0.343 e. The van der Waals surface area contributed by atoms with E-state index in [9.17, 15) is 10.1 Å². The van der Waals surface area contributed by atoms with Gasteiger partial charge in [0.2, 0.25) is 0 Å². The number of rotatable bonds is 5. The van der Waals surface area contributed by atoms with Gasteiger partial charge < -0.3 is 9.47 Å². The predicted octanol–water partition coefficient (Wildman–Crippen LogP) is 6.94. The molecule has 0 aromatic heterocycles. The van der Waals surface area contributed by atoms with Crippen LogP contribution in [0.3, 0.4) is 0 Å². The first-order chi connectivity index (χ1) is 14.4. The third kappa shape index (κ3) is 5.14. The number of carbonyl (C=O) groups excluding carboxylic acids is 1. The van der Waals surface area contributed by atoms with Gasteiger partial charge in [0.05, 0.1) is 34.4 Å². The minimum Gasteiger partial charge on any atom is -0.493 e. The van der Waals surface area contributed by atoms with E-state index in [1.165, 1.54) is 25.3 Å². The Hall–Kier alpha value is -2.97. The Balaban J connectivity index is 1.87. The number of halogens is 3. The molecular formula is C23H14Cl3NO3. The quantitative estimate of drug-likeness (QED) is 0.180. The van der Waals surface area contributed by atoms with Crippen molar-refractivity contribution < 1.29 is 14.3 Å². The topological polar surface area (TPSA) is 59.3 Å². The first-order valence-corrected chi connectivity index (χ1v) is 9.77. The van der Waals surface area contributed by atoms with Crippen molar-refractivity contribution in [3.05, 3.63) is 92.4 Å². The fraction of sp³-hybridized carbons (Fsp3) is 0.0435. The second kappa shape index (κ2) is 9.69. The van der Waals surface area contributed by atoms with E-state index in [1.54, 1.807) is 48.5 Å². The van der Waals surface area contributed by atoms with Gasteiger partial charge in [0.15, 0.2) is 11.5 Å². The molecule has 7 heteroatoms. The van der Waals surface area contributed by atoms with Gasteiger partial charge in [0, 0.05) is 5.02 Å². The number of allylic oxidation sites excluding steroid dienone is 1. The van der Waals surface area contributed by atoms with E-state index < -0.39 is 5.97 Å². The van der Waals surface area contributed by atoms with Gasteiger partial charge in [-0.15, -0.1) is 0 Å². The number of methoxy groups -OCH3 is 1. The summed E-state index contributed by atoms with van der Waals surface area (Å²) in [6.07, 6.45) is 1.70.